The summed E-state index contributed by atoms with van der Waals surface area (Å²) in [6.45, 7) is 0.513. The molecule has 4 aromatic rings. The zero-order valence-electron chi connectivity index (χ0n) is 23.6. The highest BCUT2D eigenvalue weighted by Crippen LogP contribution is 2.50. The Labute approximate surface area is 253 Å². The number of pyridine rings is 1. The number of fused-ring (bicyclic) bond motifs is 4. The molecule has 0 radical (unpaired) electrons. The van der Waals surface area contributed by atoms with Crippen LogP contribution in [0.5, 0.6) is 5.75 Å². The molecule has 2 saturated heterocycles. The van der Waals surface area contributed by atoms with Crippen molar-refractivity contribution in [1.82, 2.24) is 9.88 Å². The van der Waals surface area contributed by atoms with Gasteiger partial charge in [0.05, 0.1) is 43.4 Å². The predicted octanol–water partition coefficient (Wildman–Crippen LogP) is 5.83. The van der Waals surface area contributed by atoms with Gasteiger partial charge in [-0.05, 0) is 82.7 Å². The van der Waals surface area contributed by atoms with Gasteiger partial charge in [-0.15, -0.1) is 11.3 Å². The molecule has 2 aliphatic heterocycles. The summed E-state index contributed by atoms with van der Waals surface area (Å²) in [6.07, 6.45) is 5.32. The second kappa shape index (κ2) is 11.5. The van der Waals surface area contributed by atoms with E-state index < -0.39 is 11.8 Å². The minimum absolute atomic E-state index is 0.125. The van der Waals surface area contributed by atoms with Gasteiger partial charge in [0.25, 0.3) is 0 Å². The lowest BCUT2D eigenvalue weighted by Gasteiger charge is -2.31. The number of aromatic nitrogens is 1. The highest BCUT2D eigenvalue weighted by Gasteiger charge is 2.56. The average molecular weight is 593 g/mol. The number of phenolic OH excluding ortho intramolecular Hbond substituents is 1. The minimum Gasteiger partial charge on any atom is -0.507 e. The summed E-state index contributed by atoms with van der Waals surface area (Å²) < 4.78 is 6.36. The number of carbonyl (C=O) groups excluding carboxylic acids is 2. The van der Waals surface area contributed by atoms with Crippen LogP contribution in [0.2, 0.25) is 0 Å². The fourth-order valence-corrected chi connectivity index (χ4v) is 7.82. The lowest BCUT2D eigenvalue weighted by Crippen LogP contribution is -2.34. The SMILES string of the molecule is O=C1[C@@H]2[C@@H](CC(CO)=C3[C@@H](CC/C(=C/c4ccc(O)c5ccccc45)c4ccccn4)OC[C@@H]32)C(=O)N1Cc1cccs1. The van der Waals surface area contributed by atoms with E-state index in [1.807, 2.05) is 66.0 Å². The number of aromatic hydroxyl groups is 1. The van der Waals surface area contributed by atoms with E-state index >= 15 is 0 Å². The molecule has 1 aliphatic carbocycles. The van der Waals surface area contributed by atoms with Crippen molar-refractivity contribution in [2.75, 3.05) is 13.2 Å². The van der Waals surface area contributed by atoms with E-state index in [9.17, 15) is 19.8 Å². The van der Waals surface area contributed by atoms with Crippen molar-refractivity contribution in [2.24, 2.45) is 17.8 Å². The Morgan fingerprint density at radius 3 is 2.60 bits per heavy atom. The molecule has 3 aliphatic rings. The highest BCUT2D eigenvalue weighted by molar-refractivity contribution is 7.09. The number of thiophene rings is 1. The third-order valence-electron chi connectivity index (χ3n) is 9.12. The number of ether oxygens (including phenoxy) is 1. The fraction of sp³-hybridized carbons (Fsp3) is 0.286. The van der Waals surface area contributed by atoms with E-state index in [-0.39, 0.29) is 36.2 Å². The standard InChI is InChI=1S/C35H32N2O5S/c38-19-23-17-27-33(35(41)37(34(27)40)18-24-6-5-15-43-24)28-20-42-31(32(23)28)13-11-22(29-9-3-4-14-36-29)16-21-10-12-30(39)26-8-2-1-7-25(21)26/h1-10,12,14-16,27-28,31,33,38-39H,11,13,17-20H2/b22-16-/t27-,28+,31-,33-/m1/s1. The largest absolute Gasteiger partial charge is 0.507 e. The van der Waals surface area contributed by atoms with Crippen molar-refractivity contribution < 1.29 is 24.5 Å². The second-order valence-corrected chi connectivity index (χ2v) is 12.5. The van der Waals surface area contributed by atoms with Gasteiger partial charge in [0, 0.05) is 22.4 Å². The van der Waals surface area contributed by atoms with Gasteiger partial charge in [0.2, 0.25) is 11.8 Å². The lowest BCUT2D eigenvalue weighted by molar-refractivity contribution is -0.140. The Bertz CT molecular complexity index is 1750. The first-order valence-corrected chi connectivity index (χ1v) is 15.6. The van der Waals surface area contributed by atoms with Crippen molar-refractivity contribution in [3.63, 3.8) is 0 Å². The maximum atomic E-state index is 13.6. The number of nitrogens with zero attached hydrogens (tertiary/aromatic N) is 2. The third kappa shape index (κ3) is 4.99. The van der Waals surface area contributed by atoms with E-state index in [1.54, 1.807) is 12.3 Å². The number of allylic oxidation sites excluding steroid dienone is 1. The van der Waals surface area contributed by atoms with Crippen LogP contribution < -0.4 is 0 Å². The van der Waals surface area contributed by atoms with E-state index in [1.165, 1.54) is 16.2 Å². The molecular formula is C35H32N2O5S. The predicted molar refractivity (Wildman–Crippen MR) is 166 cm³/mol. The van der Waals surface area contributed by atoms with Gasteiger partial charge in [0.15, 0.2) is 0 Å². The van der Waals surface area contributed by atoms with Crippen LogP contribution >= 0.6 is 11.3 Å². The van der Waals surface area contributed by atoms with Gasteiger partial charge < -0.3 is 14.9 Å². The molecular weight excluding hydrogens is 560 g/mol. The average Bonchev–Trinajstić information content (AvgIpc) is 3.77. The van der Waals surface area contributed by atoms with Crippen LogP contribution in [0.3, 0.4) is 0 Å². The number of amides is 2. The molecule has 0 spiro atoms. The van der Waals surface area contributed by atoms with E-state index in [2.05, 4.69) is 11.1 Å². The molecule has 0 unspecified atom stereocenters. The smallest absolute Gasteiger partial charge is 0.234 e. The third-order valence-corrected chi connectivity index (χ3v) is 9.98. The highest BCUT2D eigenvalue weighted by atomic mass is 32.1. The van der Waals surface area contributed by atoms with E-state index in [0.29, 0.717) is 32.4 Å². The lowest BCUT2D eigenvalue weighted by atomic mass is 9.69. The summed E-state index contributed by atoms with van der Waals surface area (Å²) in [5.74, 6) is -1.13. The molecule has 43 heavy (non-hydrogen) atoms. The van der Waals surface area contributed by atoms with Crippen LogP contribution in [0.1, 0.15) is 35.4 Å². The van der Waals surface area contributed by atoms with Gasteiger partial charge in [-0.25, -0.2) is 0 Å². The Hall–Kier alpha value is -4.11. The van der Waals surface area contributed by atoms with Crippen LogP contribution in [0.25, 0.3) is 22.4 Å². The van der Waals surface area contributed by atoms with Crippen molar-refractivity contribution in [3.8, 4) is 5.75 Å². The Morgan fingerprint density at radius 2 is 1.84 bits per heavy atom. The summed E-state index contributed by atoms with van der Waals surface area (Å²) >= 11 is 1.54. The number of hydrogen-bond acceptors (Lipinski definition) is 7. The van der Waals surface area contributed by atoms with Crippen molar-refractivity contribution in [3.05, 3.63) is 106 Å². The summed E-state index contributed by atoms with van der Waals surface area (Å²) in [6, 6.07) is 21.1. The number of carbonyl (C=O) groups is 2. The molecule has 2 N–H and O–H groups in total. The number of phenols is 1. The number of imide groups is 1. The molecule has 2 amide bonds. The van der Waals surface area contributed by atoms with Crippen LogP contribution in [0.4, 0.5) is 0 Å². The molecule has 7 rings (SSSR count). The monoisotopic (exact) mass is 592 g/mol. The molecule has 0 bridgehead atoms. The van der Waals surface area contributed by atoms with Gasteiger partial charge in [-0.1, -0.05) is 42.5 Å². The molecule has 7 nitrogen and oxygen atoms in total. The molecule has 2 fully saturated rings. The minimum atomic E-state index is -0.447. The van der Waals surface area contributed by atoms with Crippen LogP contribution in [-0.4, -0.2) is 51.2 Å². The summed E-state index contributed by atoms with van der Waals surface area (Å²) in [4.78, 5) is 34.1. The molecule has 218 valence electrons. The fourth-order valence-electron chi connectivity index (χ4n) is 7.13. The first kappa shape index (κ1) is 27.7. The molecule has 4 heterocycles. The normalized spacial score (nSPS) is 23.7. The maximum Gasteiger partial charge on any atom is 0.234 e. The molecule has 4 atom stereocenters. The van der Waals surface area contributed by atoms with E-state index in [4.69, 9.17) is 4.74 Å². The molecule has 0 saturated carbocycles. The van der Waals surface area contributed by atoms with Crippen LogP contribution in [0, 0.1) is 17.8 Å². The first-order chi connectivity index (χ1) is 21.0. The zero-order chi connectivity index (χ0) is 29.5. The number of benzene rings is 2. The van der Waals surface area contributed by atoms with E-state index in [0.717, 1.165) is 43.6 Å². The number of likely N-dealkylation sites (tertiary alicyclic amines) is 1. The summed E-state index contributed by atoms with van der Waals surface area (Å²) in [5, 5.41) is 24.5. The summed E-state index contributed by atoms with van der Waals surface area (Å²) in [5.41, 5.74) is 4.70. The van der Waals surface area contributed by atoms with Gasteiger partial charge >= 0.3 is 0 Å². The molecule has 8 heteroatoms. The Kier molecular flexibility index (Phi) is 7.43. The van der Waals surface area contributed by atoms with Gasteiger partial charge in [0.1, 0.15) is 5.75 Å². The number of hydrogen-bond donors (Lipinski definition) is 2. The van der Waals surface area contributed by atoms with Gasteiger partial charge in [-0.2, -0.15) is 0 Å². The number of aliphatic hydroxyl groups excluding tert-OH is 1. The Balaban J connectivity index is 1.17. The van der Waals surface area contributed by atoms with Gasteiger partial charge in [-0.3, -0.25) is 19.5 Å². The maximum absolute atomic E-state index is 13.6. The topological polar surface area (TPSA) is 100.0 Å². The molecule has 2 aromatic carbocycles. The van der Waals surface area contributed by atoms with Crippen LogP contribution in [-0.2, 0) is 20.9 Å². The Morgan fingerprint density at radius 1 is 1.00 bits per heavy atom. The quantitative estimate of drug-likeness (QED) is 0.197. The summed E-state index contributed by atoms with van der Waals surface area (Å²) in [7, 11) is 0. The van der Waals surface area contributed by atoms with Crippen LogP contribution in [0.15, 0.2) is 89.5 Å². The van der Waals surface area contributed by atoms with Crippen molar-refractivity contribution in [1.29, 1.82) is 0 Å². The number of rotatable bonds is 8. The van der Waals surface area contributed by atoms with Crippen molar-refractivity contribution in [2.45, 2.75) is 31.9 Å². The molecule has 2 aromatic heterocycles. The number of aliphatic hydroxyl groups is 1. The van der Waals surface area contributed by atoms with Crippen molar-refractivity contribution >= 4 is 45.6 Å². The zero-order valence-corrected chi connectivity index (χ0v) is 24.4. The first-order valence-electron chi connectivity index (χ1n) is 14.7. The second-order valence-electron chi connectivity index (χ2n) is 11.5.